The number of pyridine rings is 1. The highest BCUT2D eigenvalue weighted by atomic mass is 16.5. The largest absolute Gasteiger partial charge is 0.370 e. The maximum absolute atomic E-state index is 11.1. The van der Waals surface area contributed by atoms with Gasteiger partial charge < -0.3 is 15.0 Å². The molecule has 2 fully saturated rings. The standard InChI is InChI=1S/C20H27N5O2/c1-13-10-14(2)24-18-17(13)19(23-12-22-18)25-8-6-20(7-9-25)5-4-16(27-20)11-21-15(3)26/h10,12,16H,4-9,11H2,1-3H3,(H,21,26)/t16-/m1/s1. The highest BCUT2D eigenvalue weighted by Crippen LogP contribution is 2.40. The molecule has 7 heteroatoms. The Kier molecular flexibility index (Phi) is 4.72. The zero-order valence-electron chi connectivity index (χ0n) is 16.3. The number of carbonyl (C=O) groups is 1. The van der Waals surface area contributed by atoms with Gasteiger partial charge in [0.05, 0.1) is 17.1 Å². The normalized spacial score (nSPS) is 21.7. The van der Waals surface area contributed by atoms with Gasteiger partial charge in [0.1, 0.15) is 12.1 Å². The van der Waals surface area contributed by atoms with Crippen LogP contribution in [-0.4, -0.2) is 52.2 Å². The molecule has 4 heterocycles. The van der Waals surface area contributed by atoms with Gasteiger partial charge in [0, 0.05) is 32.3 Å². The van der Waals surface area contributed by atoms with Gasteiger partial charge in [0.2, 0.25) is 5.91 Å². The molecule has 1 amide bonds. The molecule has 2 aliphatic heterocycles. The summed E-state index contributed by atoms with van der Waals surface area (Å²) in [6, 6.07) is 2.09. The predicted octanol–water partition coefficient (Wildman–Crippen LogP) is 2.30. The number of anilines is 1. The minimum atomic E-state index is -0.0493. The monoisotopic (exact) mass is 369 g/mol. The van der Waals surface area contributed by atoms with E-state index in [2.05, 4.69) is 38.2 Å². The van der Waals surface area contributed by atoms with Crippen molar-refractivity contribution in [1.82, 2.24) is 20.3 Å². The molecule has 2 aliphatic rings. The summed E-state index contributed by atoms with van der Waals surface area (Å²) in [4.78, 5) is 27.0. The van der Waals surface area contributed by atoms with Crippen molar-refractivity contribution in [1.29, 1.82) is 0 Å². The second-order valence-electron chi connectivity index (χ2n) is 7.86. The second-order valence-corrected chi connectivity index (χ2v) is 7.86. The van der Waals surface area contributed by atoms with Crippen LogP contribution in [0.3, 0.4) is 0 Å². The van der Waals surface area contributed by atoms with Crippen LogP contribution in [0.4, 0.5) is 5.82 Å². The zero-order valence-corrected chi connectivity index (χ0v) is 16.3. The molecule has 0 saturated carbocycles. The lowest BCUT2D eigenvalue weighted by molar-refractivity contribution is -0.120. The average molecular weight is 369 g/mol. The third-order valence-electron chi connectivity index (χ3n) is 5.80. The van der Waals surface area contributed by atoms with Crippen molar-refractivity contribution in [2.24, 2.45) is 0 Å². The van der Waals surface area contributed by atoms with Crippen molar-refractivity contribution in [3.05, 3.63) is 23.7 Å². The van der Waals surface area contributed by atoms with Crippen LogP contribution >= 0.6 is 0 Å². The van der Waals surface area contributed by atoms with Crippen LogP contribution in [0.2, 0.25) is 0 Å². The summed E-state index contributed by atoms with van der Waals surface area (Å²) in [6.07, 6.45) is 5.79. The van der Waals surface area contributed by atoms with E-state index in [1.54, 1.807) is 13.3 Å². The summed E-state index contributed by atoms with van der Waals surface area (Å²) in [5, 5.41) is 3.93. The highest BCUT2D eigenvalue weighted by molar-refractivity contribution is 5.90. The molecule has 7 nitrogen and oxygen atoms in total. The average Bonchev–Trinajstić information content (AvgIpc) is 3.02. The molecule has 27 heavy (non-hydrogen) atoms. The molecule has 0 aromatic carbocycles. The first-order chi connectivity index (χ1) is 13.0. The van der Waals surface area contributed by atoms with Crippen molar-refractivity contribution in [2.75, 3.05) is 24.5 Å². The van der Waals surface area contributed by atoms with Crippen molar-refractivity contribution >= 4 is 22.8 Å². The van der Waals surface area contributed by atoms with Gasteiger partial charge in [-0.3, -0.25) is 4.79 Å². The van der Waals surface area contributed by atoms with Gasteiger partial charge in [-0.15, -0.1) is 0 Å². The van der Waals surface area contributed by atoms with Crippen LogP contribution in [0.5, 0.6) is 0 Å². The van der Waals surface area contributed by atoms with Crippen molar-refractivity contribution in [2.45, 2.75) is 58.2 Å². The number of carbonyl (C=O) groups excluding carboxylic acids is 1. The minimum Gasteiger partial charge on any atom is -0.370 e. The molecule has 4 rings (SSSR count). The topological polar surface area (TPSA) is 80.2 Å². The predicted molar refractivity (Wildman–Crippen MR) is 104 cm³/mol. The number of hydrogen-bond acceptors (Lipinski definition) is 6. The van der Waals surface area contributed by atoms with E-state index in [-0.39, 0.29) is 17.6 Å². The first-order valence-electron chi connectivity index (χ1n) is 9.72. The van der Waals surface area contributed by atoms with Crippen LogP contribution in [0.15, 0.2) is 12.4 Å². The Morgan fingerprint density at radius 3 is 2.81 bits per heavy atom. The molecular weight excluding hydrogens is 342 g/mol. The highest BCUT2D eigenvalue weighted by Gasteiger charge is 2.42. The molecule has 0 unspecified atom stereocenters. The van der Waals surface area contributed by atoms with Crippen molar-refractivity contribution in [3.8, 4) is 0 Å². The third-order valence-corrected chi connectivity index (χ3v) is 5.80. The second kappa shape index (κ2) is 7.03. The summed E-state index contributed by atoms with van der Waals surface area (Å²) >= 11 is 0. The van der Waals surface area contributed by atoms with E-state index < -0.39 is 0 Å². The fourth-order valence-electron chi connectivity index (χ4n) is 4.42. The molecule has 1 atom stereocenters. The van der Waals surface area contributed by atoms with Crippen molar-refractivity contribution in [3.63, 3.8) is 0 Å². The molecule has 1 N–H and O–H groups in total. The number of fused-ring (bicyclic) bond motifs is 1. The summed E-state index contributed by atoms with van der Waals surface area (Å²) < 4.78 is 6.36. The molecule has 2 aromatic heterocycles. The van der Waals surface area contributed by atoms with E-state index in [0.29, 0.717) is 6.54 Å². The number of aryl methyl sites for hydroxylation is 2. The number of amides is 1. The molecule has 2 aromatic rings. The van der Waals surface area contributed by atoms with Crippen LogP contribution in [-0.2, 0) is 9.53 Å². The van der Waals surface area contributed by atoms with E-state index >= 15 is 0 Å². The molecule has 0 aliphatic carbocycles. The van der Waals surface area contributed by atoms with Gasteiger partial charge in [0.15, 0.2) is 5.65 Å². The van der Waals surface area contributed by atoms with Crippen LogP contribution in [0.25, 0.3) is 11.0 Å². The Hall–Kier alpha value is -2.28. The quantitative estimate of drug-likeness (QED) is 0.894. The first-order valence-corrected chi connectivity index (χ1v) is 9.72. The molecule has 144 valence electrons. The minimum absolute atomic E-state index is 0.00391. The smallest absolute Gasteiger partial charge is 0.216 e. The van der Waals surface area contributed by atoms with Crippen molar-refractivity contribution < 1.29 is 9.53 Å². The lowest BCUT2D eigenvalue weighted by Crippen LogP contribution is -2.45. The fraction of sp³-hybridized carbons (Fsp3) is 0.600. The first kappa shape index (κ1) is 18.1. The number of hydrogen-bond donors (Lipinski definition) is 1. The molecule has 0 radical (unpaired) electrons. The van der Waals surface area contributed by atoms with Gasteiger partial charge in [0.25, 0.3) is 0 Å². The van der Waals surface area contributed by atoms with E-state index in [1.165, 1.54) is 5.56 Å². The Bertz CT molecular complexity index is 861. The summed E-state index contributed by atoms with van der Waals surface area (Å²) in [6.45, 7) is 8.07. The number of aromatic nitrogens is 3. The van der Waals surface area contributed by atoms with Crippen LogP contribution in [0.1, 0.15) is 43.9 Å². The van der Waals surface area contributed by atoms with E-state index in [9.17, 15) is 4.79 Å². The number of ether oxygens (including phenoxy) is 1. The van der Waals surface area contributed by atoms with E-state index in [0.717, 1.165) is 61.3 Å². The lowest BCUT2D eigenvalue weighted by Gasteiger charge is -2.40. The van der Waals surface area contributed by atoms with Gasteiger partial charge in [-0.25, -0.2) is 15.0 Å². The maximum atomic E-state index is 11.1. The van der Waals surface area contributed by atoms with E-state index in [4.69, 9.17) is 4.74 Å². The van der Waals surface area contributed by atoms with Gasteiger partial charge in [-0.05, 0) is 51.2 Å². The third kappa shape index (κ3) is 3.60. The summed E-state index contributed by atoms with van der Waals surface area (Å²) in [5.41, 5.74) is 2.87. The number of nitrogens with zero attached hydrogens (tertiary/aromatic N) is 4. The fourth-order valence-corrected chi connectivity index (χ4v) is 4.42. The van der Waals surface area contributed by atoms with Crippen LogP contribution in [0, 0.1) is 13.8 Å². The molecule has 0 bridgehead atoms. The zero-order chi connectivity index (χ0) is 19.0. The maximum Gasteiger partial charge on any atom is 0.216 e. The summed E-state index contributed by atoms with van der Waals surface area (Å²) in [7, 11) is 0. The lowest BCUT2D eigenvalue weighted by atomic mass is 9.88. The Labute approximate surface area is 159 Å². The molecule has 1 spiro atoms. The Morgan fingerprint density at radius 2 is 2.07 bits per heavy atom. The van der Waals surface area contributed by atoms with Gasteiger partial charge >= 0.3 is 0 Å². The van der Waals surface area contributed by atoms with E-state index in [1.807, 2.05) is 6.92 Å². The number of nitrogens with one attached hydrogen (secondary N) is 1. The molecule has 2 saturated heterocycles. The summed E-state index contributed by atoms with van der Waals surface area (Å²) in [5.74, 6) is 0.983. The van der Waals surface area contributed by atoms with Gasteiger partial charge in [-0.2, -0.15) is 0 Å². The number of piperidine rings is 1. The van der Waals surface area contributed by atoms with Gasteiger partial charge in [-0.1, -0.05) is 0 Å². The Morgan fingerprint density at radius 1 is 1.30 bits per heavy atom. The Balaban J connectivity index is 1.47. The number of rotatable bonds is 3. The van der Waals surface area contributed by atoms with Crippen LogP contribution < -0.4 is 10.2 Å². The SMILES string of the molecule is CC(=O)NC[C@H]1CCC2(CCN(c3ncnc4nc(C)cc(C)c34)CC2)O1. The molecular formula is C20H27N5O2.